The van der Waals surface area contributed by atoms with Crippen LogP contribution in [0.1, 0.15) is 42.5 Å². The zero-order valence-electron chi connectivity index (χ0n) is 11.9. The first kappa shape index (κ1) is 13.7. The molecule has 2 fully saturated rings. The van der Waals surface area contributed by atoms with Gasteiger partial charge in [-0.25, -0.2) is 4.39 Å². The zero-order valence-corrected chi connectivity index (χ0v) is 11.9. The van der Waals surface area contributed by atoms with E-state index in [-0.39, 0.29) is 11.3 Å². The molecule has 20 heavy (non-hydrogen) atoms. The molecule has 1 heterocycles. The maximum absolute atomic E-state index is 13.6. The second-order valence-electron chi connectivity index (χ2n) is 6.29. The summed E-state index contributed by atoms with van der Waals surface area (Å²) in [5.74, 6) is 1.27. The molecule has 0 spiro atoms. The number of likely N-dealkylation sites (tertiary alicyclic amines) is 1. The van der Waals surface area contributed by atoms with Crippen LogP contribution in [0.2, 0.25) is 0 Å². The van der Waals surface area contributed by atoms with Gasteiger partial charge in [0.15, 0.2) is 5.78 Å². The summed E-state index contributed by atoms with van der Waals surface area (Å²) in [6.45, 7) is 3.00. The van der Waals surface area contributed by atoms with E-state index >= 15 is 0 Å². The van der Waals surface area contributed by atoms with Crippen LogP contribution in [-0.2, 0) is 0 Å². The molecule has 0 amide bonds. The molecule has 2 bridgehead atoms. The predicted octanol–water partition coefficient (Wildman–Crippen LogP) is 3.52. The molecule has 2 atom stereocenters. The van der Waals surface area contributed by atoms with Gasteiger partial charge in [0, 0.05) is 19.5 Å². The average Bonchev–Trinajstić information content (AvgIpc) is 2.78. The summed E-state index contributed by atoms with van der Waals surface area (Å²) >= 11 is 0. The van der Waals surface area contributed by atoms with Crippen molar-refractivity contribution in [1.29, 1.82) is 0 Å². The van der Waals surface area contributed by atoms with Gasteiger partial charge in [-0.2, -0.15) is 0 Å². The second-order valence-corrected chi connectivity index (χ2v) is 6.29. The molecule has 2 aliphatic rings. The number of Topliss-reactive ketones (excluding diaryl/α,β-unsaturated/α-hetero) is 1. The number of carbonyl (C=O) groups is 1. The Morgan fingerprint density at radius 1 is 1.20 bits per heavy atom. The quantitative estimate of drug-likeness (QED) is 0.784. The van der Waals surface area contributed by atoms with E-state index in [2.05, 4.69) is 4.90 Å². The van der Waals surface area contributed by atoms with Crippen molar-refractivity contribution in [3.8, 4) is 0 Å². The number of rotatable bonds is 4. The highest BCUT2D eigenvalue weighted by Gasteiger charge is 2.29. The Balaban J connectivity index is 1.54. The van der Waals surface area contributed by atoms with Crippen molar-refractivity contribution in [1.82, 2.24) is 4.90 Å². The molecule has 3 heteroatoms. The third-order valence-corrected chi connectivity index (χ3v) is 4.85. The van der Waals surface area contributed by atoms with Crippen LogP contribution in [0.4, 0.5) is 4.39 Å². The van der Waals surface area contributed by atoms with E-state index in [1.165, 1.54) is 31.7 Å². The van der Waals surface area contributed by atoms with Crippen molar-refractivity contribution in [3.63, 3.8) is 0 Å². The molecule has 0 unspecified atom stereocenters. The topological polar surface area (TPSA) is 20.3 Å². The third-order valence-electron chi connectivity index (χ3n) is 4.85. The first-order chi connectivity index (χ1) is 9.72. The highest BCUT2D eigenvalue weighted by atomic mass is 19.1. The Labute approximate surface area is 120 Å². The van der Waals surface area contributed by atoms with Crippen molar-refractivity contribution >= 4 is 5.78 Å². The van der Waals surface area contributed by atoms with Gasteiger partial charge < -0.3 is 4.90 Å². The molecule has 1 saturated carbocycles. The minimum absolute atomic E-state index is 0.0718. The van der Waals surface area contributed by atoms with Gasteiger partial charge in [-0.15, -0.1) is 0 Å². The predicted molar refractivity (Wildman–Crippen MR) is 77.2 cm³/mol. The number of halogens is 1. The SMILES string of the molecule is O=C(CCN1CC[C@@H]2CC[C@@H](C2)C1)c1ccccc1F. The van der Waals surface area contributed by atoms with Gasteiger partial charge >= 0.3 is 0 Å². The van der Waals surface area contributed by atoms with Gasteiger partial charge in [0.05, 0.1) is 5.56 Å². The summed E-state index contributed by atoms with van der Waals surface area (Å²) in [4.78, 5) is 14.5. The Kier molecular flexibility index (Phi) is 4.16. The average molecular weight is 275 g/mol. The fraction of sp³-hybridized carbons (Fsp3) is 0.588. The number of fused-ring (bicyclic) bond motifs is 2. The number of hydrogen-bond acceptors (Lipinski definition) is 2. The van der Waals surface area contributed by atoms with Gasteiger partial charge in [-0.1, -0.05) is 18.6 Å². The Bertz CT molecular complexity index is 488. The van der Waals surface area contributed by atoms with Crippen molar-refractivity contribution < 1.29 is 9.18 Å². The summed E-state index contributed by atoms with van der Waals surface area (Å²) in [7, 11) is 0. The van der Waals surface area contributed by atoms with E-state index in [1.807, 2.05) is 0 Å². The Hall–Kier alpha value is -1.22. The lowest BCUT2D eigenvalue weighted by atomic mass is 10.0. The molecule has 2 nitrogen and oxygen atoms in total. The molecular formula is C17H22FNO. The van der Waals surface area contributed by atoms with E-state index in [0.29, 0.717) is 6.42 Å². The van der Waals surface area contributed by atoms with Crippen LogP contribution < -0.4 is 0 Å². The molecule has 3 rings (SSSR count). The van der Waals surface area contributed by atoms with E-state index in [1.54, 1.807) is 18.2 Å². The molecule has 0 N–H and O–H groups in total. The molecule has 0 radical (unpaired) electrons. The number of carbonyl (C=O) groups excluding carboxylic acids is 1. The normalized spacial score (nSPS) is 26.4. The molecule has 1 aromatic carbocycles. The Morgan fingerprint density at radius 3 is 2.85 bits per heavy atom. The van der Waals surface area contributed by atoms with Gasteiger partial charge in [0.2, 0.25) is 0 Å². The first-order valence-corrected chi connectivity index (χ1v) is 7.72. The minimum atomic E-state index is -0.396. The molecular weight excluding hydrogens is 253 g/mol. The van der Waals surface area contributed by atoms with Crippen molar-refractivity contribution in [3.05, 3.63) is 35.6 Å². The number of ketones is 1. The fourth-order valence-electron chi connectivity index (χ4n) is 3.71. The van der Waals surface area contributed by atoms with E-state index in [9.17, 15) is 9.18 Å². The standard InChI is InChI=1S/C17H22FNO/c18-16-4-2-1-3-15(16)17(20)8-10-19-9-7-13-5-6-14(11-13)12-19/h1-4,13-14H,5-12H2/t13-,14-/m0/s1. The van der Waals surface area contributed by atoms with Gasteiger partial charge in [0.1, 0.15) is 5.82 Å². The highest BCUT2D eigenvalue weighted by molar-refractivity contribution is 5.96. The number of benzene rings is 1. The highest BCUT2D eigenvalue weighted by Crippen LogP contribution is 2.36. The van der Waals surface area contributed by atoms with Crippen LogP contribution >= 0.6 is 0 Å². The lowest BCUT2D eigenvalue weighted by Gasteiger charge is -2.24. The van der Waals surface area contributed by atoms with Gasteiger partial charge in [-0.3, -0.25) is 4.79 Å². The van der Waals surface area contributed by atoms with Crippen LogP contribution in [0, 0.1) is 17.7 Å². The van der Waals surface area contributed by atoms with Crippen LogP contribution in [0.25, 0.3) is 0 Å². The van der Waals surface area contributed by atoms with Crippen LogP contribution in [0.3, 0.4) is 0 Å². The molecule has 1 aliphatic heterocycles. The Morgan fingerprint density at radius 2 is 2.00 bits per heavy atom. The van der Waals surface area contributed by atoms with Gasteiger partial charge in [-0.05, 0) is 49.8 Å². The monoisotopic (exact) mass is 275 g/mol. The number of hydrogen-bond donors (Lipinski definition) is 0. The summed E-state index contributed by atoms with van der Waals surface area (Å²) in [5, 5.41) is 0. The van der Waals surface area contributed by atoms with Crippen LogP contribution in [0.5, 0.6) is 0 Å². The van der Waals surface area contributed by atoms with Crippen molar-refractivity contribution in [2.45, 2.75) is 32.1 Å². The van der Waals surface area contributed by atoms with E-state index in [0.717, 1.165) is 31.5 Å². The molecule has 0 aromatic heterocycles. The summed E-state index contributed by atoms with van der Waals surface area (Å²) < 4.78 is 13.6. The largest absolute Gasteiger partial charge is 0.303 e. The van der Waals surface area contributed by atoms with Gasteiger partial charge in [0.25, 0.3) is 0 Å². The van der Waals surface area contributed by atoms with Crippen molar-refractivity contribution in [2.24, 2.45) is 11.8 Å². The minimum Gasteiger partial charge on any atom is -0.303 e. The maximum atomic E-state index is 13.6. The second kappa shape index (κ2) is 6.04. The first-order valence-electron chi connectivity index (χ1n) is 7.72. The lowest BCUT2D eigenvalue weighted by Crippen LogP contribution is -2.31. The number of nitrogens with zero attached hydrogens (tertiary/aromatic N) is 1. The summed E-state index contributed by atoms with van der Waals surface area (Å²) in [6.07, 6.45) is 5.82. The fourth-order valence-corrected chi connectivity index (χ4v) is 3.71. The van der Waals surface area contributed by atoms with E-state index in [4.69, 9.17) is 0 Å². The van der Waals surface area contributed by atoms with E-state index < -0.39 is 5.82 Å². The smallest absolute Gasteiger partial charge is 0.167 e. The maximum Gasteiger partial charge on any atom is 0.167 e. The van der Waals surface area contributed by atoms with Crippen LogP contribution in [-0.4, -0.2) is 30.3 Å². The van der Waals surface area contributed by atoms with Crippen LogP contribution in [0.15, 0.2) is 24.3 Å². The molecule has 1 aliphatic carbocycles. The molecule has 1 saturated heterocycles. The molecule has 1 aromatic rings. The van der Waals surface area contributed by atoms with Crippen molar-refractivity contribution in [2.75, 3.05) is 19.6 Å². The summed E-state index contributed by atoms with van der Waals surface area (Å²) in [6, 6.07) is 6.29. The lowest BCUT2D eigenvalue weighted by molar-refractivity contribution is 0.0956. The zero-order chi connectivity index (χ0) is 13.9. The summed E-state index contributed by atoms with van der Waals surface area (Å²) in [5.41, 5.74) is 0.240. The third kappa shape index (κ3) is 3.09. The molecule has 108 valence electrons.